The van der Waals surface area contributed by atoms with E-state index in [1.54, 1.807) is 23.7 Å². The summed E-state index contributed by atoms with van der Waals surface area (Å²) in [7, 11) is 0. The van der Waals surface area contributed by atoms with Gasteiger partial charge in [-0.05, 0) is 51.8 Å². The fraction of sp³-hybridized carbons (Fsp3) is 0.333. The highest BCUT2D eigenvalue weighted by Gasteiger charge is 2.30. The van der Waals surface area contributed by atoms with Crippen LogP contribution in [0.2, 0.25) is 0 Å². The third kappa shape index (κ3) is 2.40. The SMILES string of the molecule is CCC1c2ccsc2CCN1C(=O)c1cncc(Br)c1. The Bertz CT molecular complexity index is 640. The van der Waals surface area contributed by atoms with E-state index in [0.29, 0.717) is 5.56 Å². The minimum Gasteiger partial charge on any atom is -0.331 e. The van der Waals surface area contributed by atoms with Gasteiger partial charge < -0.3 is 4.90 Å². The van der Waals surface area contributed by atoms with Gasteiger partial charge in [-0.1, -0.05) is 6.92 Å². The standard InChI is InChI=1S/C15H15BrN2OS/c1-2-13-12-4-6-20-14(12)3-5-18(13)15(19)10-7-11(16)9-17-8-10/h4,6-9,13H,2-3,5H2,1H3. The van der Waals surface area contributed by atoms with Crippen molar-refractivity contribution in [3.05, 3.63) is 50.4 Å². The van der Waals surface area contributed by atoms with Crippen LogP contribution < -0.4 is 0 Å². The molecule has 1 aliphatic rings. The molecule has 2 aromatic heterocycles. The number of amides is 1. The van der Waals surface area contributed by atoms with Crippen LogP contribution in [-0.2, 0) is 6.42 Å². The lowest BCUT2D eigenvalue weighted by Gasteiger charge is -2.35. The molecule has 3 heterocycles. The summed E-state index contributed by atoms with van der Waals surface area (Å²) in [5, 5.41) is 2.13. The second-order valence-electron chi connectivity index (χ2n) is 4.86. The second-order valence-corrected chi connectivity index (χ2v) is 6.78. The number of carbonyl (C=O) groups excluding carboxylic acids is 1. The molecule has 0 aliphatic carbocycles. The van der Waals surface area contributed by atoms with Crippen molar-refractivity contribution in [2.75, 3.05) is 6.54 Å². The van der Waals surface area contributed by atoms with E-state index in [0.717, 1.165) is 23.9 Å². The van der Waals surface area contributed by atoms with Gasteiger partial charge in [0, 0.05) is 28.3 Å². The van der Waals surface area contributed by atoms with Crippen LogP contribution in [0.3, 0.4) is 0 Å². The van der Waals surface area contributed by atoms with Crippen molar-refractivity contribution in [3.63, 3.8) is 0 Å². The first kappa shape index (κ1) is 13.8. The third-order valence-corrected chi connectivity index (χ3v) is 5.12. The van der Waals surface area contributed by atoms with Crippen molar-refractivity contribution >= 4 is 33.2 Å². The molecular weight excluding hydrogens is 336 g/mol. The topological polar surface area (TPSA) is 33.2 Å². The van der Waals surface area contributed by atoms with Gasteiger partial charge in [0.05, 0.1) is 11.6 Å². The van der Waals surface area contributed by atoms with Gasteiger partial charge in [0.25, 0.3) is 5.91 Å². The maximum atomic E-state index is 12.7. The fourth-order valence-electron chi connectivity index (χ4n) is 2.77. The summed E-state index contributed by atoms with van der Waals surface area (Å²) >= 11 is 5.17. The number of fused-ring (bicyclic) bond motifs is 1. The fourth-order valence-corrected chi connectivity index (χ4v) is 4.07. The van der Waals surface area contributed by atoms with Crippen LogP contribution >= 0.6 is 27.3 Å². The first-order valence-electron chi connectivity index (χ1n) is 6.68. The van der Waals surface area contributed by atoms with Crippen molar-refractivity contribution in [2.45, 2.75) is 25.8 Å². The van der Waals surface area contributed by atoms with E-state index in [1.807, 2.05) is 11.0 Å². The number of pyridine rings is 1. The van der Waals surface area contributed by atoms with Gasteiger partial charge in [0.15, 0.2) is 0 Å². The minimum absolute atomic E-state index is 0.0718. The third-order valence-electron chi connectivity index (χ3n) is 3.69. The van der Waals surface area contributed by atoms with E-state index in [4.69, 9.17) is 0 Å². The highest BCUT2D eigenvalue weighted by atomic mass is 79.9. The molecule has 104 valence electrons. The highest BCUT2D eigenvalue weighted by Crippen LogP contribution is 2.36. The Morgan fingerprint density at radius 3 is 3.15 bits per heavy atom. The molecule has 0 saturated carbocycles. The Balaban J connectivity index is 1.92. The first-order valence-corrected chi connectivity index (χ1v) is 8.35. The van der Waals surface area contributed by atoms with Gasteiger partial charge in [-0.15, -0.1) is 11.3 Å². The molecule has 0 aromatic carbocycles. The smallest absolute Gasteiger partial charge is 0.255 e. The Morgan fingerprint density at radius 2 is 2.40 bits per heavy atom. The van der Waals surface area contributed by atoms with Crippen LogP contribution in [0.1, 0.15) is 40.2 Å². The maximum Gasteiger partial charge on any atom is 0.255 e. The lowest BCUT2D eigenvalue weighted by molar-refractivity contribution is 0.0657. The van der Waals surface area contributed by atoms with E-state index in [2.05, 4.69) is 39.3 Å². The summed E-state index contributed by atoms with van der Waals surface area (Å²) in [4.78, 5) is 20.2. The molecule has 1 aliphatic heterocycles. The van der Waals surface area contributed by atoms with Crippen LogP contribution in [0, 0.1) is 0 Å². The molecule has 0 spiro atoms. The summed E-state index contributed by atoms with van der Waals surface area (Å²) in [6.45, 7) is 2.92. The Kier molecular flexibility index (Phi) is 3.89. The zero-order chi connectivity index (χ0) is 14.1. The molecule has 0 N–H and O–H groups in total. The predicted octanol–water partition coefficient (Wildman–Crippen LogP) is 4.06. The molecule has 0 radical (unpaired) electrons. The summed E-state index contributed by atoms with van der Waals surface area (Å²) in [5.41, 5.74) is 1.97. The largest absolute Gasteiger partial charge is 0.331 e. The average molecular weight is 351 g/mol. The van der Waals surface area contributed by atoms with Crippen LogP contribution in [0.5, 0.6) is 0 Å². The summed E-state index contributed by atoms with van der Waals surface area (Å²) in [6, 6.07) is 4.19. The lowest BCUT2D eigenvalue weighted by Crippen LogP contribution is -2.39. The predicted molar refractivity (Wildman–Crippen MR) is 84.0 cm³/mol. The Morgan fingerprint density at radius 1 is 1.55 bits per heavy atom. The van der Waals surface area contributed by atoms with Gasteiger partial charge in [-0.25, -0.2) is 0 Å². The van der Waals surface area contributed by atoms with Crippen LogP contribution in [0.15, 0.2) is 34.4 Å². The van der Waals surface area contributed by atoms with E-state index >= 15 is 0 Å². The number of thiophene rings is 1. The van der Waals surface area contributed by atoms with Gasteiger partial charge >= 0.3 is 0 Å². The number of nitrogens with zero attached hydrogens (tertiary/aromatic N) is 2. The molecule has 0 fully saturated rings. The zero-order valence-electron chi connectivity index (χ0n) is 11.2. The molecular formula is C15H15BrN2OS. The summed E-state index contributed by atoms with van der Waals surface area (Å²) < 4.78 is 0.838. The number of aromatic nitrogens is 1. The van der Waals surface area contributed by atoms with Crippen molar-refractivity contribution in [1.29, 1.82) is 0 Å². The van der Waals surface area contributed by atoms with Crippen LogP contribution in [0.4, 0.5) is 0 Å². The van der Waals surface area contributed by atoms with Gasteiger partial charge in [0.1, 0.15) is 0 Å². The monoisotopic (exact) mass is 350 g/mol. The Hall–Kier alpha value is -1.20. The van der Waals surface area contributed by atoms with E-state index in [9.17, 15) is 4.79 Å². The normalized spacial score (nSPS) is 17.9. The van der Waals surface area contributed by atoms with Crippen LogP contribution in [-0.4, -0.2) is 22.3 Å². The number of hydrogen-bond donors (Lipinski definition) is 0. The average Bonchev–Trinajstić information content (AvgIpc) is 2.93. The van der Waals surface area contributed by atoms with Crippen molar-refractivity contribution in [3.8, 4) is 0 Å². The van der Waals surface area contributed by atoms with Gasteiger partial charge in [-0.3, -0.25) is 9.78 Å². The molecule has 1 amide bonds. The first-order chi connectivity index (χ1) is 9.70. The summed E-state index contributed by atoms with van der Waals surface area (Å²) in [5.74, 6) is 0.0718. The van der Waals surface area contributed by atoms with Crippen molar-refractivity contribution < 1.29 is 4.79 Å². The lowest BCUT2D eigenvalue weighted by atomic mass is 9.97. The van der Waals surface area contributed by atoms with E-state index in [1.165, 1.54) is 10.4 Å². The van der Waals surface area contributed by atoms with Gasteiger partial charge in [-0.2, -0.15) is 0 Å². The maximum absolute atomic E-state index is 12.7. The van der Waals surface area contributed by atoms with Gasteiger partial charge in [0.2, 0.25) is 0 Å². The number of halogens is 1. The second kappa shape index (κ2) is 5.66. The molecule has 0 bridgehead atoms. The van der Waals surface area contributed by atoms with Crippen molar-refractivity contribution in [1.82, 2.24) is 9.88 Å². The van der Waals surface area contributed by atoms with Crippen molar-refractivity contribution in [2.24, 2.45) is 0 Å². The molecule has 1 unspecified atom stereocenters. The number of carbonyl (C=O) groups is 1. The molecule has 3 rings (SSSR count). The minimum atomic E-state index is 0.0718. The molecule has 2 aromatic rings. The molecule has 0 saturated heterocycles. The van der Waals surface area contributed by atoms with Crippen LogP contribution in [0.25, 0.3) is 0 Å². The Labute approximate surface area is 130 Å². The molecule has 1 atom stereocenters. The highest BCUT2D eigenvalue weighted by molar-refractivity contribution is 9.10. The quantitative estimate of drug-likeness (QED) is 0.818. The molecule has 20 heavy (non-hydrogen) atoms. The van der Waals surface area contributed by atoms with E-state index < -0.39 is 0 Å². The summed E-state index contributed by atoms with van der Waals surface area (Å²) in [6.07, 6.45) is 5.23. The molecule has 5 heteroatoms. The van der Waals surface area contributed by atoms with E-state index in [-0.39, 0.29) is 11.9 Å². The zero-order valence-corrected chi connectivity index (χ0v) is 13.6. The number of hydrogen-bond acceptors (Lipinski definition) is 3. The number of rotatable bonds is 2. The molecule has 3 nitrogen and oxygen atoms in total.